The smallest absolute Gasteiger partial charge is 0.407 e. The summed E-state index contributed by atoms with van der Waals surface area (Å²) in [5.74, 6) is -0.566. The molecule has 2 aromatic rings. The molecule has 246 valence electrons. The molecule has 0 spiro atoms. The van der Waals surface area contributed by atoms with Crippen molar-refractivity contribution in [3.05, 3.63) is 71.8 Å². The van der Waals surface area contributed by atoms with Crippen molar-refractivity contribution in [1.82, 2.24) is 5.32 Å². The Kier molecular flexibility index (Phi) is 14.1. The van der Waals surface area contributed by atoms with Gasteiger partial charge in [-0.2, -0.15) is 0 Å². The van der Waals surface area contributed by atoms with Crippen molar-refractivity contribution in [3.63, 3.8) is 0 Å². The molecule has 0 aliphatic carbocycles. The van der Waals surface area contributed by atoms with E-state index < -0.39 is 29.7 Å². The molecule has 3 rings (SSSR count). The first-order chi connectivity index (χ1) is 20.9. The number of carbonyl (C=O) groups excluding carboxylic acids is 1. The molecule has 1 saturated heterocycles. The molecule has 8 heteroatoms. The fraction of sp³-hybridized carbons (Fsp3) is 0.639. The minimum atomic E-state index is -0.958. The number of hydrogen-bond donors (Lipinski definition) is 2. The van der Waals surface area contributed by atoms with Crippen LogP contribution in [0.3, 0.4) is 0 Å². The van der Waals surface area contributed by atoms with Crippen molar-refractivity contribution in [3.8, 4) is 0 Å². The van der Waals surface area contributed by atoms with Gasteiger partial charge in [0, 0.05) is 32.6 Å². The van der Waals surface area contributed by atoms with Crippen LogP contribution in [0, 0.1) is 17.8 Å². The molecule has 1 aliphatic heterocycles. The lowest BCUT2D eigenvalue weighted by molar-refractivity contribution is -0.258. The van der Waals surface area contributed by atoms with Crippen molar-refractivity contribution in [1.29, 1.82) is 0 Å². The maximum Gasteiger partial charge on any atom is 0.407 e. The van der Waals surface area contributed by atoms with E-state index in [0.717, 1.165) is 24.0 Å². The second kappa shape index (κ2) is 17.3. The number of hydrogen-bond acceptors (Lipinski definition) is 7. The Hall–Kier alpha value is -2.49. The number of benzene rings is 2. The second-order valence-corrected chi connectivity index (χ2v) is 13.5. The summed E-state index contributed by atoms with van der Waals surface area (Å²) in [6.07, 6.45) is 0.630. The number of carbonyl (C=O) groups is 1. The number of ether oxygens (including phenoxy) is 5. The number of nitrogens with one attached hydrogen (secondary N) is 1. The van der Waals surface area contributed by atoms with Gasteiger partial charge in [-0.05, 0) is 63.0 Å². The van der Waals surface area contributed by atoms with E-state index in [2.05, 4.69) is 38.2 Å². The molecular weight excluding hydrogens is 558 g/mol. The molecule has 1 fully saturated rings. The predicted molar refractivity (Wildman–Crippen MR) is 172 cm³/mol. The lowest BCUT2D eigenvalue weighted by Crippen LogP contribution is -2.43. The van der Waals surface area contributed by atoms with Gasteiger partial charge < -0.3 is 34.1 Å². The first kappa shape index (κ1) is 36.0. The van der Waals surface area contributed by atoms with Crippen LogP contribution in [0.15, 0.2) is 60.7 Å². The van der Waals surface area contributed by atoms with E-state index in [0.29, 0.717) is 39.2 Å². The van der Waals surface area contributed by atoms with Gasteiger partial charge in [0.05, 0.1) is 25.4 Å². The van der Waals surface area contributed by atoms with Gasteiger partial charge in [0.2, 0.25) is 0 Å². The number of methoxy groups -OCH3 is 1. The molecule has 0 bridgehead atoms. The van der Waals surface area contributed by atoms with Crippen molar-refractivity contribution in [2.24, 2.45) is 17.8 Å². The molecule has 2 N–H and O–H groups in total. The van der Waals surface area contributed by atoms with Crippen molar-refractivity contribution in [2.45, 2.75) is 110 Å². The Bertz CT molecular complexity index is 1090. The number of alkyl carbamates (subject to hydrolysis) is 1. The lowest BCUT2D eigenvalue weighted by atomic mass is 9.87. The Labute approximate surface area is 264 Å². The minimum absolute atomic E-state index is 0.0406. The van der Waals surface area contributed by atoms with E-state index in [1.807, 2.05) is 69.3 Å². The molecule has 1 unspecified atom stereocenters. The minimum Gasteiger partial charge on any atom is -0.444 e. The molecular formula is C36H55NO7. The van der Waals surface area contributed by atoms with Gasteiger partial charge in [-0.1, -0.05) is 81.4 Å². The molecule has 1 heterocycles. The highest BCUT2D eigenvalue weighted by molar-refractivity contribution is 5.67. The van der Waals surface area contributed by atoms with E-state index in [9.17, 15) is 9.90 Å². The van der Waals surface area contributed by atoms with Crippen LogP contribution in [0.4, 0.5) is 4.79 Å². The maximum absolute atomic E-state index is 12.1. The summed E-state index contributed by atoms with van der Waals surface area (Å²) in [5.41, 5.74) is 1.68. The van der Waals surface area contributed by atoms with Gasteiger partial charge in [0.1, 0.15) is 11.7 Å². The zero-order valence-corrected chi connectivity index (χ0v) is 27.8. The van der Waals surface area contributed by atoms with Crippen LogP contribution in [0.2, 0.25) is 0 Å². The summed E-state index contributed by atoms with van der Waals surface area (Å²) < 4.78 is 30.5. The fourth-order valence-corrected chi connectivity index (χ4v) is 5.81. The second-order valence-electron chi connectivity index (χ2n) is 13.5. The predicted octanol–water partition coefficient (Wildman–Crippen LogP) is 6.88. The van der Waals surface area contributed by atoms with Crippen LogP contribution in [0.25, 0.3) is 0 Å². The summed E-state index contributed by atoms with van der Waals surface area (Å²) >= 11 is 0. The third kappa shape index (κ3) is 11.8. The lowest BCUT2D eigenvalue weighted by Gasteiger charge is -2.36. The summed E-state index contributed by atoms with van der Waals surface area (Å²) in [6, 6.07) is 20.2. The largest absolute Gasteiger partial charge is 0.444 e. The zero-order valence-electron chi connectivity index (χ0n) is 27.8. The van der Waals surface area contributed by atoms with Gasteiger partial charge >= 0.3 is 6.09 Å². The van der Waals surface area contributed by atoms with E-state index in [-0.39, 0.29) is 23.9 Å². The van der Waals surface area contributed by atoms with Gasteiger partial charge in [-0.25, -0.2) is 4.79 Å². The average molecular weight is 614 g/mol. The van der Waals surface area contributed by atoms with Gasteiger partial charge in [0.25, 0.3) is 0 Å². The number of amides is 1. The van der Waals surface area contributed by atoms with E-state index in [1.165, 1.54) is 0 Å². The van der Waals surface area contributed by atoms with Gasteiger partial charge in [-0.3, -0.25) is 0 Å². The van der Waals surface area contributed by atoms with Crippen molar-refractivity contribution in [2.75, 3.05) is 20.3 Å². The van der Waals surface area contributed by atoms with E-state index >= 15 is 0 Å². The Morgan fingerprint density at radius 1 is 0.977 bits per heavy atom. The molecule has 8 nitrogen and oxygen atoms in total. The van der Waals surface area contributed by atoms with Crippen LogP contribution in [0.1, 0.15) is 78.4 Å². The normalized spacial score (nSPS) is 23.1. The third-order valence-corrected chi connectivity index (χ3v) is 8.23. The summed E-state index contributed by atoms with van der Waals surface area (Å²) in [7, 11) is 1.64. The van der Waals surface area contributed by atoms with Crippen molar-refractivity contribution >= 4 is 6.09 Å². The van der Waals surface area contributed by atoms with Gasteiger partial charge in [0.15, 0.2) is 5.79 Å². The summed E-state index contributed by atoms with van der Waals surface area (Å²) in [4.78, 5) is 12.1. The number of aliphatic hydroxyl groups is 1. The monoisotopic (exact) mass is 613 g/mol. The number of aliphatic hydroxyl groups excluding tert-OH is 1. The van der Waals surface area contributed by atoms with Crippen molar-refractivity contribution < 1.29 is 33.6 Å². The van der Waals surface area contributed by atoms with Crippen LogP contribution in [0.5, 0.6) is 0 Å². The molecule has 44 heavy (non-hydrogen) atoms. The first-order valence-electron chi connectivity index (χ1n) is 16.1. The summed E-state index contributed by atoms with van der Waals surface area (Å²) in [5, 5.41) is 14.2. The van der Waals surface area contributed by atoms with Crippen LogP contribution in [-0.2, 0) is 36.9 Å². The molecule has 2 aromatic carbocycles. The highest BCUT2D eigenvalue weighted by Gasteiger charge is 2.52. The highest BCUT2D eigenvalue weighted by Crippen LogP contribution is 2.42. The van der Waals surface area contributed by atoms with Crippen LogP contribution < -0.4 is 5.32 Å². The molecule has 1 aliphatic rings. The molecule has 1 amide bonds. The quantitative estimate of drug-likeness (QED) is 0.188. The topological polar surface area (TPSA) is 95.5 Å². The molecule has 0 saturated carbocycles. The molecule has 0 radical (unpaired) electrons. The van der Waals surface area contributed by atoms with Crippen LogP contribution >= 0.6 is 0 Å². The standard InChI is InChI=1S/C36H55NO7/c1-26(18-19-41-24-29-14-10-8-11-15-29)21-32(42-25-30-16-12-9-13-17-30)33-31(38)22-36(40-7,43-33)28(3)20-27(2)23-37-34(39)44-35(4,5)6/h8-17,26-28,31-33,38H,18-25H2,1-7H3,(H,37,39)/t26-,27-,28+,31-,32-,33+,36?/m1/s1. The summed E-state index contributed by atoms with van der Waals surface area (Å²) in [6.45, 7) is 14.0. The molecule has 0 aromatic heterocycles. The SMILES string of the molecule is COC1([C@@H](C)C[C@@H](C)CNC(=O)OC(C)(C)C)C[C@@H](O)[C@@H]([C@@H](C[C@H](C)CCOCc2ccccc2)OCc2ccccc2)O1. The van der Waals surface area contributed by atoms with Crippen LogP contribution in [-0.4, -0.2) is 61.2 Å². The van der Waals surface area contributed by atoms with E-state index in [1.54, 1.807) is 7.11 Å². The maximum atomic E-state index is 12.1. The zero-order chi connectivity index (χ0) is 32.2. The Balaban J connectivity index is 1.61. The Morgan fingerprint density at radius 3 is 2.18 bits per heavy atom. The highest BCUT2D eigenvalue weighted by atomic mass is 16.7. The van der Waals surface area contributed by atoms with Gasteiger partial charge in [-0.15, -0.1) is 0 Å². The average Bonchev–Trinajstić information content (AvgIpc) is 3.34. The first-order valence-corrected chi connectivity index (χ1v) is 16.1. The third-order valence-electron chi connectivity index (χ3n) is 8.23. The van der Waals surface area contributed by atoms with E-state index in [4.69, 9.17) is 23.7 Å². The fourth-order valence-electron chi connectivity index (χ4n) is 5.81. The number of rotatable bonds is 17. The Morgan fingerprint density at radius 2 is 1.59 bits per heavy atom. The molecule has 7 atom stereocenters.